The van der Waals surface area contributed by atoms with E-state index < -0.39 is 0 Å². The maximum atomic E-state index is 12.0. The highest BCUT2D eigenvalue weighted by Crippen LogP contribution is 2.24. The zero-order valence-electron chi connectivity index (χ0n) is 9.30. The second kappa shape index (κ2) is 6.15. The fourth-order valence-electron chi connectivity index (χ4n) is 1.89. The molecule has 1 amide bonds. The van der Waals surface area contributed by atoms with Crippen LogP contribution < -0.4 is 10.6 Å². The fraction of sp³-hybridized carbons (Fsp3) is 0.417. The Morgan fingerprint density at radius 2 is 2.29 bits per heavy atom. The molecule has 1 atom stereocenters. The van der Waals surface area contributed by atoms with Gasteiger partial charge in [-0.15, -0.1) is 0 Å². The topological polar surface area (TPSA) is 41.1 Å². The van der Waals surface area contributed by atoms with E-state index in [9.17, 15) is 4.79 Å². The molecule has 92 valence electrons. The Morgan fingerprint density at radius 3 is 2.94 bits per heavy atom. The summed E-state index contributed by atoms with van der Waals surface area (Å²) in [6.07, 6.45) is 3.21. The Labute approximate surface area is 123 Å². The quantitative estimate of drug-likeness (QED) is 0.738. The molecule has 0 saturated carbocycles. The van der Waals surface area contributed by atoms with E-state index in [0.29, 0.717) is 0 Å². The minimum Gasteiger partial charge on any atom is -0.324 e. The van der Waals surface area contributed by atoms with Gasteiger partial charge in [-0.05, 0) is 76.1 Å². The van der Waals surface area contributed by atoms with Crippen LogP contribution in [0.5, 0.6) is 0 Å². The Bertz CT molecular complexity index is 419. The summed E-state index contributed by atoms with van der Waals surface area (Å²) < 4.78 is 2.07. The average molecular weight is 409 g/mol. The first-order chi connectivity index (χ1) is 8.16. The maximum absolute atomic E-state index is 12.0. The van der Waals surface area contributed by atoms with Crippen LogP contribution in [0.25, 0.3) is 0 Å². The first kappa shape index (κ1) is 13.3. The Hall–Kier alpha value is -0.140. The molecule has 0 bridgehead atoms. The van der Waals surface area contributed by atoms with Gasteiger partial charge < -0.3 is 10.6 Å². The largest absolute Gasteiger partial charge is 0.324 e. The van der Waals surface area contributed by atoms with Crippen LogP contribution in [-0.2, 0) is 4.79 Å². The third-order valence-corrected chi connectivity index (χ3v) is 4.14. The summed E-state index contributed by atoms with van der Waals surface area (Å²) in [5.41, 5.74) is 0.836. The molecule has 1 saturated heterocycles. The van der Waals surface area contributed by atoms with Crippen molar-refractivity contribution in [1.29, 1.82) is 0 Å². The lowest BCUT2D eigenvalue weighted by atomic mass is 10.0. The van der Waals surface area contributed by atoms with Gasteiger partial charge in [-0.3, -0.25) is 4.79 Å². The lowest BCUT2D eigenvalue weighted by molar-refractivity contribution is -0.118. The van der Waals surface area contributed by atoms with Gasteiger partial charge in [0.05, 0.1) is 11.7 Å². The average Bonchev–Trinajstić information content (AvgIpc) is 2.34. The predicted octanol–water partition coefficient (Wildman–Crippen LogP) is 3.13. The zero-order chi connectivity index (χ0) is 12.3. The van der Waals surface area contributed by atoms with Crippen molar-refractivity contribution in [2.45, 2.75) is 25.3 Å². The Morgan fingerprint density at radius 1 is 1.47 bits per heavy atom. The van der Waals surface area contributed by atoms with Crippen molar-refractivity contribution < 1.29 is 4.79 Å². The molecular weight excluding hydrogens is 395 g/mol. The molecule has 0 aromatic heterocycles. The first-order valence-corrected chi connectivity index (χ1v) is 7.53. The summed E-state index contributed by atoms with van der Waals surface area (Å²) in [4.78, 5) is 12.0. The van der Waals surface area contributed by atoms with Crippen LogP contribution in [-0.4, -0.2) is 18.5 Å². The van der Waals surface area contributed by atoms with Crippen LogP contribution in [0.4, 0.5) is 5.69 Å². The third-order valence-electron chi connectivity index (χ3n) is 2.82. The van der Waals surface area contributed by atoms with Crippen LogP contribution in [0.2, 0.25) is 0 Å². The number of carbonyl (C=O) groups excluding carboxylic acids is 1. The van der Waals surface area contributed by atoms with E-state index in [1.165, 1.54) is 0 Å². The van der Waals surface area contributed by atoms with E-state index >= 15 is 0 Å². The molecule has 1 aliphatic heterocycles. The van der Waals surface area contributed by atoms with Crippen LogP contribution in [0.15, 0.2) is 22.7 Å². The van der Waals surface area contributed by atoms with Crippen molar-refractivity contribution in [3.63, 3.8) is 0 Å². The number of piperidine rings is 1. The summed E-state index contributed by atoms with van der Waals surface area (Å²) in [5.74, 6) is 0.0617. The monoisotopic (exact) mass is 408 g/mol. The molecule has 0 radical (unpaired) electrons. The van der Waals surface area contributed by atoms with Crippen LogP contribution >= 0.6 is 38.5 Å². The number of anilines is 1. The molecular formula is C12H14BrIN2O. The van der Waals surface area contributed by atoms with E-state index in [-0.39, 0.29) is 11.9 Å². The van der Waals surface area contributed by atoms with Crippen molar-refractivity contribution in [3.8, 4) is 0 Å². The van der Waals surface area contributed by atoms with Crippen LogP contribution in [0.3, 0.4) is 0 Å². The smallest absolute Gasteiger partial charge is 0.241 e. The number of hydrogen-bond donors (Lipinski definition) is 2. The van der Waals surface area contributed by atoms with Crippen LogP contribution in [0, 0.1) is 3.57 Å². The molecule has 1 fully saturated rings. The SMILES string of the molecule is O=C(Nc1ccc(I)cc1Br)[C@@H]1CCCCN1. The van der Waals surface area contributed by atoms with Crippen molar-refractivity contribution >= 4 is 50.1 Å². The van der Waals surface area contributed by atoms with E-state index in [4.69, 9.17) is 0 Å². The van der Waals surface area contributed by atoms with E-state index in [1.807, 2.05) is 18.2 Å². The second-order valence-corrected chi connectivity index (χ2v) is 6.22. The van der Waals surface area contributed by atoms with Gasteiger partial charge in [0.1, 0.15) is 0 Å². The van der Waals surface area contributed by atoms with Gasteiger partial charge in [0.25, 0.3) is 0 Å². The molecule has 1 aromatic rings. The van der Waals surface area contributed by atoms with Crippen LogP contribution in [0.1, 0.15) is 19.3 Å². The standard InChI is InChI=1S/C12H14BrIN2O/c13-9-7-8(14)4-5-10(9)16-12(17)11-3-1-2-6-15-11/h4-5,7,11,15H,1-3,6H2,(H,16,17)/t11-/m0/s1. The molecule has 2 rings (SSSR count). The number of benzene rings is 1. The van der Waals surface area contributed by atoms with Gasteiger partial charge in [-0.2, -0.15) is 0 Å². The van der Waals surface area contributed by atoms with Gasteiger partial charge in [0, 0.05) is 8.04 Å². The predicted molar refractivity (Wildman–Crippen MR) is 81.1 cm³/mol. The lowest BCUT2D eigenvalue weighted by Crippen LogP contribution is -2.43. The molecule has 17 heavy (non-hydrogen) atoms. The normalized spacial score (nSPS) is 20.0. The van der Waals surface area contributed by atoms with Crippen molar-refractivity contribution in [3.05, 3.63) is 26.2 Å². The Balaban J connectivity index is 2.02. The molecule has 5 heteroatoms. The van der Waals surface area contributed by atoms with Gasteiger partial charge >= 0.3 is 0 Å². The van der Waals surface area contributed by atoms with E-state index in [2.05, 4.69) is 49.2 Å². The molecule has 2 N–H and O–H groups in total. The summed E-state index contributed by atoms with van der Waals surface area (Å²) in [7, 11) is 0. The van der Waals surface area contributed by atoms with Gasteiger partial charge in [0.15, 0.2) is 0 Å². The van der Waals surface area contributed by atoms with E-state index in [0.717, 1.165) is 39.5 Å². The van der Waals surface area contributed by atoms with Gasteiger partial charge in [0.2, 0.25) is 5.91 Å². The summed E-state index contributed by atoms with van der Waals surface area (Å²) in [6.45, 7) is 0.936. The maximum Gasteiger partial charge on any atom is 0.241 e. The van der Waals surface area contributed by atoms with E-state index in [1.54, 1.807) is 0 Å². The minimum absolute atomic E-state index is 0.0464. The number of amides is 1. The summed E-state index contributed by atoms with van der Waals surface area (Å²) in [6, 6.07) is 5.85. The van der Waals surface area contributed by atoms with Crippen molar-refractivity contribution in [2.75, 3.05) is 11.9 Å². The third kappa shape index (κ3) is 3.66. The molecule has 0 unspecified atom stereocenters. The molecule has 3 nitrogen and oxygen atoms in total. The second-order valence-electron chi connectivity index (χ2n) is 4.12. The molecule has 0 spiro atoms. The highest BCUT2D eigenvalue weighted by atomic mass is 127. The van der Waals surface area contributed by atoms with Crippen molar-refractivity contribution in [1.82, 2.24) is 5.32 Å². The summed E-state index contributed by atoms with van der Waals surface area (Å²) in [5, 5.41) is 6.20. The summed E-state index contributed by atoms with van der Waals surface area (Å²) >= 11 is 5.70. The Kier molecular flexibility index (Phi) is 4.81. The number of nitrogens with one attached hydrogen (secondary N) is 2. The highest BCUT2D eigenvalue weighted by Gasteiger charge is 2.20. The minimum atomic E-state index is -0.0464. The number of carbonyl (C=O) groups is 1. The number of hydrogen-bond acceptors (Lipinski definition) is 2. The van der Waals surface area contributed by atoms with Crippen molar-refractivity contribution in [2.24, 2.45) is 0 Å². The number of rotatable bonds is 2. The lowest BCUT2D eigenvalue weighted by Gasteiger charge is -2.22. The molecule has 1 heterocycles. The van der Waals surface area contributed by atoms with Gasteiger partial charge in [-0.1, -0.05) is 6.42 Å². The highest BCUT2D eigenvalue weighted by molar-refractivity contribution is 14.1. The molecule has 0 aliphatic carbocycles. The van der Waals surface area contributed by atoms with Gasteiger partial charge in [-0.25, -0.2) is 0 Å². The zero-order valence-corrected chi connectivity index (χ0v) is 13.0. The molecule has 1 aliphatic rings. The first-order valence-electron chi connectivity index (χ1n) is 5.66. The fourth-order valence-corrected chi connectivity index (χ4v) is 3.28. The molecule has 1 aromatic carbocycles. The number of halogens is 2.